The first kappa shape index (κ1) is 14.0. The van der Waals surface area contributed by atoms with Crippen LogP contribution in [0.15, 0.2) is 0 Å². The summed E-state index contributed by atoms with van der Waals surface area (Å²) >= 11 is 1.55. The zero-order valence-electron chi connectivity index (χ0n) is 11.2. The minimum atomic E-state index is -0.0951. The molecule has 0 radical (unpaired) electrons. The van der Waals surface area contributed by atoms with Gasteiger partial charge in [-0.3, -0.25) is 4.79 Å². The third-order valence-corrected chi connectivity index (χ3v) is 4.60. The molecule has 0 aromatic carbocycles. The summed E-state index contributed by atoms with van der Waals surface area (Å²) in [6.45, 7) is 2.05. The van der Waals surface area contributed by atoms with Crippen LogP contribution in [-0.4, -0.2) is 11.9 Å². The van der Waals surface area contributed by atoms with Crippen LogP contribution in [0.3, 0.4) is 0 Å². The van der Waals surface area contributed by atoms with Crippen molar-refractivity contribution >= 4 is 22.2 Å². The average molecular weight is 277 g/mol. The predicted molar refractivity (Wildman–Crippen MR) is 77.2 cm³/mol. The molecule has 0 aliphatic heterocycles. The summed E-state index contributed by atoms with van der Waals surface area (Å²) in [5, 5.41) is 12.8. The zero-order chi connectivity index (χ0) is 13.8. The molecule has 1 aromatic heterocycles. The summed E-state index contributed by atoms with van der Waals surface area (Å²) in [6, 6.07) is 2.13. The maximum absolute atomic E-state index is 11.9. The second-order valence-corrected chi connectivity index (χ2v) is 6.08. The summed E-state index contributed by atoms with van der Waals surface area (Å²) in [7, 11) is 0. The number of carbonyl (C=O) groups is 1. The topological polar surface area (TPSA) is 78.9 Å². The Morgan fingerprint density at radius 1 is 1.58 bits per heavy atom. The van der Waals surface area contributed by atoms with Gasteiger partial charge in [-0.05, 0) is 31.2 Å². The van der Waals surface area contributed by atoms with Crippen molar-refractivity contribution in [3.63, 3.8) is 0 Å². The molecular weight excluding hydrogens is 258 g/mol. The van der Waals surface area contributed by atoms with Crippen molar-refractivity contribution in [3.8, 4) is 6.07 Å². The lowest BCUT2D eigenvalue weighted by Gasteiger charge is -2.09. The van der Waals surface area contributed by atoms with Gasteiger partial charge in [0, 0.05) is 17.3 Å². The van der Waals surface area contributed by atoms with Crippen molar-refractivity contribution in [2.24, 2.45) is 5.73 Å². The van der Waals surface area contributed by atoms with E-state index in [4.69, 9.17) is 5.73 Å². The molecule has 0 fully saturated rings. The SMILES string of the molecule is CCCC(N)CC(=O)Nc1sc2c(c1C#N)CCC2. The monoisotopic (exact) mass is 277 g/mol. The van der Waals surface area contributed by atoms with Gasteiger partial charge in [-0.15, -0.1) is 11.3 Å². The van der Waals surface area contributed by atoms with Gasteiger partial charge in [0.25, 0.3) is 0 Å². The van der Waals surface area contributed by atoms with Gasteiger partial charge in [0.2, 0.25) is 5.91 Å². The Kier molecular flexibility index (Phi) is 4.56. The van der Waals surface area contributed by atoms with Crippen molar-refractivity contribution < 1.29 is 4.79 Å². The van der Waals surface area contributed by atoms with E-state index in [2.05, 4.69) is 18.3 Å². The lowest BCUT2D eigenvalue weighted by Crippen LogP contribution is -2.26. The molecule has 19 heavy (non-hydrogen) atoms. The molecule has 102 valence electrons. The molecule has 5 heteroatoms. The fraction of sp³-hybridized carbons (Fsp3) is 0.571. The maximum Gasteiger partial charge on any atom is 0.226 e. The molecular formula is C14H19N3OS. The molecule has 1 unspecified atom stereocenters. The summed E-state index contributed by atoms with van der Waals surface area (Å²) in [6.07, 6.45) is 5.25. The Morgan fingerprint density at radius 3 is 3.05 bits per heavy atom. The molecule has 0 bridgehead atoms. The van der Waals surface area contributed by atoms with Crippen LogP contribution in [0.25, 0.3) is 0 Å². The summed E-state index contributed by atoms with van der Waals surface area (Å²) < 4.78 is 0. The lowest BCUT2D eigenvalue weighted by molar-refractivity contribution is -0.116. The summed E-state index contributed by atoms with van der Waals surface area (Å²) in [4.78, 5) is 13.2. The zero-order valence-corrected chi connectivity index (χ0v) is 12.0. The van der Waals surface area contributed by atoms with Gasteiger partial charge in [0.05, 0.1) is 5.56 Å². The van der Waals surface area contributed by atoms with Crippen LogP contribution in [0.5, 0.6) is 0 Å². The third kappa shape index (κ3) is 3.14. The first-order valence-electron chi connectivity index (χ1n) is 6.75. The molecule has 1 amide bonds. The first-order chi connectivity index (χ1) is 9.15. The van der Waals surface area contributed by atoms with Gasteiger partial charge >= 0.3 is 0 Å². The summed E-state index contributed by atoms with van der Waals surface area (Å²) in [5.74, 6) is -0.0858. The molecule has 0 saturated carbocycles. The second-order valence-electron chi connectivity index (χ2n) is 4.97. The normalized spacial score (nSPS) is 14.8. The van der Waals surface area contributed by atoms with E-state index >= 15 is 0 Å². The Balaban J connectivity index is 2.04. The number of fused-ring (bicyclic) bond motifs is 1. The molecule has 1 atom stereocenters. The van der Waals surface area contributed by atoms with Crippen molar-refractivity contribution in [3.05, 3.63) is 16.0 Å². The van der Waals surface area contributed by atoms with E-state index < -0.39 is 0 Å². The van der Waals surface area contributed by atoms with Crippen LogP contribution in [0.4, 0.5) is 5.00 Å². The first-order valence-corrected chi connectivity index (χ1v) is 7.57. The lowest BCUT2D eigenvalue weighted by atomic mass is 10.1. The Morgan fingerprint density at radius 2 is 2.37 bits per heavy atom. The molecule has 1 aliphatic carbocycles. The second kappa shape index (κ2) is 6.18. The van der Waals surface area contributed by atoms with E-state index in [0.29, 0.717) is 17.0 Å². The number of hydrogen-bond donors (Lipinski definition) is 2. The standard InChI is InChI=1S/C14H19N3OS/c1-2-4-9(16)7-13(18)17-14-11(8-15)10-5-3-6-12(10)19-14/h9H,2-7,16H2,1H3,(H,17,18). The Hall–Kier alpha value is -1.38. The highest BCUT2D eigenvalue weighted by atomic mass is 32.1. The van der Waals surface area contributed by atoms with Crippen molar-refractivity contribution in [2.45, 2.75) is 51.5 Å². The van der Waals surface area contributed by atoms with E-state index in [9.17, 15) is 10.1 Å². The Bertz CT molecular complexity index is 515. The van der Waals surface area contributed by atoms with Gasteiger partial charge in [-0.2, -0.15) is 5.26 Å². The van der Waals surface area contributed by atoms with E-state index in [1.165, 1.54) is 4.88 Å². The van der Waals surface area contributed by atoms with Crippen LogP contribution >= 0.6 is 11.3 Å². The number of nitrogens with zero attached hydrogens (tertiary/aromatic N) is 1. The molecule has 3 N–H and O–H groups in total. The van der Waals surface area contributed by atoms with Crippen LogP contribution in [0.2, 0.25) is 0 Å². The van der Waals surface area contributed by atoms with E-state index in [1.54, 1.807) is 11.3 Å². The highest BCUT2D eigenvalue weighted by Gasteiger charge is 2.23. The number of nitriles is 1. The number of aryl methyl sites for hydroxylation is 1. The Labute approximate surface area is 117 Å². The fourth-order valence-corrected chi connectivity index (χ4v) is 3.76. The highest BCUT2D eigenvalue weighted by Crippen LogP contribution is 2.38. The molecule has 4 nitrogen and oxygen atoms in total. The number of rotatable bonds is 5. The van der Waals surface area contributed by atoms with Gasteiger partial charge < -0.3 is 11.1 Å². The molecule has 2 rings (SSSR count). The van der Waals surface area contributed by atoms with E-state index in [1.807, 2.05) is 0 Å². The average Bonchev–Trinajstić information content (AvgIpc) is 2.88. The van der Waals surface area contributed by atoms with Crippen molar-refractivity contribution in [1.29, 1.82) is 5.26 Å². The number of thiophene rings is 1. The molecule has 0 spiro atoms. The number of anilines is 1. The third-order valence-electron chi connectivity index (χ3n) is 3.39. The molecule has 0 saturated heterocycles. The highest BCUT2D eigenvalue weighted by molar-refractivity contribution is 7.16. The van der Waals surface area contributed by atoms with Crippen LogP contribution < -0.4 is 11.1 Å². The van der Waals surface area contributed by atoms with Crippen LogP contribution in [-0.2, 0) is 17.6 Å². The fourth-order valence-electron chi connectivity index (χ4n) is 2.50. The van der Waals surface area contributed by atoms with Crippen molar-refractivity contribution in [1.82, 2.24) is 0 Å². The van der Waals surface area contributed by atoms with Gasteiger partial charge in [-0.25, -0.2) is 0 Å². The van der Waals surface area contributed by atoms with Crippen LogP contribution in [0, 0.1) is 11.3 Å². The number of nitrogens with two attached hydrogens (primary N) is 1. The van der Waals surface area contributed by atoms with Crippen molar-refractivity contribution in [2.75, 3.05) is 5.32 Å². The number of carbonyl (C=O) groups excluding carboxylic acids is 1. The number of nitrogens with one attached hydrogen (secondary N) is 1. The molecule has 1 heterocycles. The van der Waals surface area contributed by atoms with Gasteiger partial charge in [0.1, 0.15) is 11.1 Å². The smallest absolute Gasteiger partial charge is 0.226 e. The van der Waals surface area contributed by atoms with Gasteiger partial charge in [0.15, 0.2) is 0 Å². The number of amides is 1. The summed E-state index contributed by atoms with van der Waals surface area (Å²) in [5.41, 5.74) is 7.66. The quantitative estimate of drug-likeness (QED) is 0.868. The number of hydrogen-bond acceptors (Lipinski definition) is 4. The predicted octanol–water partition coefficient (Wildman–Crippen LogP) is 2.56. The molecule has 1 aromatic rings. The van der Waals surface area contributed by atoms with E-state index in [0.717, 1.165) is 37.7 Å². The minimum Gasteiger partial charge on any atom is -0.327 e. The minimum absolute atomic E-state index is 0.0858. The maximum atomic E-state index is 11.9. The molecule has 1 aliphatic rings. The van der Waals surface area contributed by atoms with Gasteiger partial charge in [-0.1, -0.05) is 13.3 Å². The van der Waals surface area contributed by atoms with E-state index in [-0.39, 0.29) is 11.9 Å². The largest absolute Gasteiger partial charge is 0.327 e. The van der Waals surface area contributed by atoms with Crippen LogP contribution in [0.1, 0.15) is 48.6 Å².